The Morgan fingerprint density at radius 2 is 1.90 bits per heavy atom. The molecule has 0 aliphatic rings. The maximum Gasteiger partial charge on any atom is 0.321 e. The van der Waals surface area contributed by atoms with Gasteiger partial charge in [0.15, 0.2) is 0 Å². The number of aryl methyl sites for hydroxylation is 1. The predicted octanol–water partition coefficient (Wildman–Crippen LogP) is 2.29. The molecule has 1 aromatic rings. The first-order valence-electron chi connectivity index (χ1n) is 7.01. The summed E-state index contributed by atoms with van der Waals surface area (Å²) in [6, 6.07) is 6.95. The van der Waals surface area contributed by atoms with Gasteiger partial charge in [0.1, 0.15) is 6.04 Å². The van der Waals surface area contributed by atoms with Crippen LogP contribution in [0.4, 0.5) is 10.5 Å². The van der Waals surface area contributed by atoms with E-state index in [0.29, 0.717) is 6.54 Å². The molecule has 0 fully saturated rings. The normalized spacial score (nSPS) is 11.6. The molecule has 3 amide bonds. The summed E-state index contributed by atoms with van der Waals surface area (Å²) in [5.74, 6) is -0.345. The average Bonchev–Trinajstić information content (AvgIpc) is 2.41. The molecule has 0 radical (unpaired) electrons. The van der Waals surface area contributed by atoms with Crippen LogP contribution in [-0.4, -0.2) is 24.5 Å². The lowest BCUT2D eigenvalue weighted by atomic mass is 10.1. The SMILES string of the molecule is CCCc1ccccc1NC(C)C(=O)NC(=O)NCC. The zero-order valence-corrected chi connectivity index (χ0v) is 12.3. The van der Waals surface area contributed by atoms with Crippen molar-refractivity contribution in [1.82, 2.24) is 10.6 Å². The first-order chi connectivity index (χ1) is 9.58. The number of benzene rings is 1. The number of urea groups is 1. The van der Waals surface area contributed by atoms with Crippen molar-refractivity contribution in [1.29, 1.82) is 0 Å². The molecule has 0 aliphatic carbocycles. The third kappa shape index (κ3) is 4.91. The molecule has 20 heavy (non-hydrogen) atoms. The molecule has 110 valence electrons. The summed E-state index contributed by atoms with van der Waals surface area (Å²) in [6.07, 6.45) is 1.99. The Morgan fingerprint density at radius 3 is 2.55 bits per heavy atom. The highest BCUT2D eigenvalue weighted by molar-refractivity contribution is 5.98. The van der Waals surface area contributed by atoms with Gasteiger partial charge in [0.25, 0.3) is 0 Å². The zero-order valence-electron chi connectivity index (χ0n) is 12.3. The minimum atomic E-state index is -0.476. The summed E-state index contributed by atoms with van der Waals surface area (Å²) in [5.41, 5.74) is 2.11. The molecule has 0 saturated heterocycles. The molecule has 5 nitrogen and oxygen atoms in total. The Kier molecular flexibility index (Phi) is 6.56. The van der Waals surface area contributed by atoms with Gasteiger partial charge >= 0.3 is 6.03 Å². The molecule has 3 N–H and O–H groups in total. The van der Waals surface area contributed by atoms with Gasteiger partial charge in [-0.3, -0.25) is 10.1 Å². The standard InChI is InChI=1S/C15H23N3O2/c1-4-8-12-9-6-7-10-13(12)17-11(3)14(19)18-15(20)16-5-2/h6-7,9-11,17H,4-5,8H2,1-3H3,(H2,16,18,19,20). The number of hydrogen-bond acceptors (Lipinski definition) is 3. The second-order valence-corrected chi connectivity index (χ2v) is 4.62. The predicted molar refractivity (Wildman–Crippen MR) is 80.7 cm³/mol. The van der Waals surface area contributed by atoms with E-state index in [1.165, 1.54) is 5.56 Å². The van der Waals surface area contributed by atoms with E-state index in [1.54, 1.807) is 13.8 Å². The van der Waals surface area contributed by atoms with Crippen LogP contribution in [0.5, 0.6) is 0 Å². The fraction of sp³-hybridized carbons (Fsp3) is 0.467. The molecule has 0 bridgehead atoms. The fourth-order valence-electron chi connectivity index (χ4n) is 1.87. The molecule has 5 heteroatoms. The van der Waals surface area contributed by atoms with Gasteiger partial charge < -0.3 is 10.6 Å². The summed E-state index contributed by atoms with van der Waals surface area (Å²) in [7, 11) is 0. The molecule has 0 aromatic heterocycles. The maximum absolute atomic E-state index is 11.9. The summed E-state index contributed by atoms with van der Waals surface area (Å²) >= 11 is 0. The molecule has 0 heterocycles. The molecule has 0 saturated carbocycles. The van der Waals surface area contributed by atoms with Crippen LogP contribution in [0.3, 0.4) is 0 Å². The fourth-order valence-corrected chi connectivity index (χ4v) is 1.87. The number of rotatable bonds is 6. The largest absolute Gasteiger partial charge is 0.374 e. The van der Waals surface area contributed by atoms with E-state index < -0.39 is 12.1 Å². The number of carbonyl (C=O) groups excluding carboxylic acids is 2. The van der Waals surface area contributed by atoms with Crippen LogP contribution in [0.2, 0.25) is 0 Å². The van der Waals surface area contributed by atoms with Gasteiger partial charge in [-0.25, -0.2) is 4.79 Å². The van der Waals surface area contributed by atoms with Crippen molar-refractivity contribution >= 4 is 17.6 Å². The number of nitrogens with one attached hydrogen (secondary N) is 3. The second-order valence-electron chi connectivity index (χ2n) is 4.62. The van der Waals surface area contributed by atoms with Gasteiger partial charge in [-0.05, 0) is 31.9 Å². The van der Waals surface area contributed by atoms with Crippen molar-refractivity contribution < 1.29 is 9.59 Å². The van der Waals surface area contributed by atoms with Crippen LogP contribution >= 0.6 is 0 Å². The third-order valence-corrected chi connectivity index (χ3v) is 2.88. The zero-order chi connectivity index (χ0) is 15.0. The van der Waals surface area contributed by atoms with E-state index in [9.17, 15) is 9.59 Å². The van der Waals surface area contributed by atoms with Gasteiger partial charge in [0.05, 0.1) is 0 Å². The van der Waals surface area contributed by atoms with Crippen LogP contribution in [0.1, 0.15) is 32.8 Å². The van der Waals surface area contributed by atoms with Gasteiger partial charge in [-0.2, -0.15) is 0 Å². The van der Waals surface area contributed by atoms with E-state index in [2.05, 4.69) is 22.9 Å². The lowest BCUT2D eigenvalue weighted by molar-refractivity contribution is -0.120. The topological polar surface area (TPSA) is 70.2 Å². The molecule has 1 unspecified atom stereocenters. The van der Waals surface area contributed by atoms with Crippen molar-refractivity contribution in [3.8, 4) is 0 Å². The Hall–Kier alpha value is -2.04. The summed E-state index contributed by atoms with van der Waals surface area (Å²) in [4.78, 5) is 23.2. The van der Waals surface area contributed by atoms with Gasteiger partial charge in [-0.15, -0.1) is 0 Å². The van der Waals surface area contributed by atoms with E-state index in [1.807, 2.05) is 24.3 Å². The molecular weight excluding hydrogens is 254 g/mol. The molecule has 1 aromatic carbocycles. The number of hydrogen-bond donors (Lipinski definition) is 3. The van der Waals surface area contributed by atoms with Crippen LogP contribution in [0, 0.1) is 0 Å². The number of imide groups is 1. The quantitative estimate of drug-likeness (QED) is 0.747. The van der Waals surface area contributed by atoms with Crippen molar-refractivity contribution in [3.05, 3.63) is 29.8 Å². The third-order valence-electron chi connectivity index (χ3n) is 2.88. The van der Waals surface area contributed by atoms with Gasteiger partial charge in [0.2, 0.25) is 5.91 Å². The highest BCUT2D eigenvalue weighted by Gasteiger charge is 2.16. The van der Waals surface area contributed by atoms with Crippen molar-refractivity contribution in [3.63, 3.8) is 0 Å². The van der Waals surface area contributed by atoms with E-state index in [-0.39, 0.29) is 5.91 Å². The monoisotopic (exact) mass is 277 g/mol. The van der Waals surface area contributed by atoms with E-state index in [0.717, 1.165) is 18.5 Å². The Bertz CT molecular complexity index is 460. The number of carbonyl (C=O) groups is 2. The lowest BCUT2D eigenvalue weighted by Crippen LogP contribution is -2.45. The molecular formula is C15H23N3O2. The average molecular weight is 277 g/mol. The van der Waals surface area contributed by atoms with Gasteiger partial charge in [-0.1, -0.05) is 31.5 Å². The second kappa shape index (κ2) is 8.19. The van der Waals surface area contributed by atoms with Crippen molar-refractivity contribution in [2.24, 2.45) is 0 Å². The van der Waals surface area contributed by atoms with Gasteiger partial charge in [0, 0.05) is 12.2 Å². The first kappa shape index (κ1) is 16.0. The van der Waals surface area contributed by atoms with Crippen molar-refractivity contribution in [2.45, 2.75) is 39.7 Å². The minimum Gasteiger partial charge on any atom is -0.374 e. The first-order valence-corrected chi connectivity index (χ1v) is 7.01. The van der Waals surface area contributed by atoms with Crippen LogP contribution in [-0.2, 0) is 11.2 Å². The summed E-state index contributed by atoms with van der Waals surface area (Å²) in [6.45, 7) is 6.13. The summed E-state index contributed by atoms with van der Waals surface area (Å²) in [5, 5.41) is 7.98. The highest BCUT2D eigenvalue weighted by Crippen LogP contribution is 2.17. The van der Waals surface area contributed by atoms with Crippen LogP contribution in [0.15, 0.2) is 24.3 Å². The number of amides is 3. The molecule has 1 atom stereocenters. The Labute approximate surface area is 120 Å². The molecule has 0 aliphatic heterocycles. The molecule has 0 spiro atoms. The van der Waals surface area contributed by atoms with Crippen LogP contribution < -0.4 is 16.0 Å². The Balaban J connectivity index is 2.63. The highest BCUT2D eigenvalue weighted by atomic mass is 16.2. The maximum atomic E-state index is 11.9. The van der Waals surface area contributed by atoms with Crippen molar-refractivity contribution in [2.75, 3.05) is 11.9 Å². The van der Waals surface area contributed by atoms with Crippen LogP contribution in [0.25, 0.3) is 0 Å². The van der Waals surface area contributed by atoms with E-state index >= 15 is 0 Å². The van der Waals surface area contributed by atoms with E-state index in [4.69, 9.17) is 0 Å². The number of anilines is 1. The molecule has 1 rings (SSSR count). The number of para-hydroxylation sites is 1. The smallest absolute Gasteiger partial charge is 0.321 e. The summed E-state index contributed by atoms with van der Waals surface area (Å²) < 4.78 is 0. The Morgan fingerprint density at radius 1 is 1.20 bits per heavy atom. The minimum absolute atomic E-state index is 0.345. The lowest BCUT2D eigenvalue weighted by Gasteiger charge is -2.17.